The molecule has 0 aliphatic heterocycles. The van der Waals surface area contributed by atoms with Crippen molar-refractivity contribution in [3.63, 3.8) is 0 Å². The lowest BCUT2D eigenvalue weighted by atomic mass is 10.1. The predicted molar refractivity (Wildman–Crippen MR) is 91.7 cm³/mol. The lowest BCUT2D eigenvalue weighted by Gasteiger charge is -2.08. The zero-order chi connectivity index (χ0) is 17.7. The molecule has 0 atom stereocenters. The molecule has 24 heavy (non-hydrogen) atoms. The van der Waals surface area contributed by atoms with Crippen molar-refractivity contribution in [2.45, 2.75) is 20.8 Å². The van der Waals surface area contributed by atoms with E-state index in [9.17, 15) is 15.0 Å². The van der Waals surface area contributed by atoms with Crippen molar-refractivity contribution in [3.05, 3.63) is 52.6 Å². The first kappa shape index (κ1) is 17.3. The number of carbonyl (C=O) groups is 1. The average molecular weight is 328 g/mol. The summed E-state index contributed by atoms with van der Waals surface area (Å²) >= 11 is 0. The van der Waals surface area contributed by atoms with Gasteiger partial charge in [0, 0.05) is 11.6 Å². The van der Waals surface area contributed by atoms with Gasteiger partial charge in [0.05, 0.1) is 6.21 Å². The highest BCUT2D eigenvalue weighted by Crippen LogP contribution is 2.25. The van der Waals surface area contributed by atoms with Gasteiger partial charge in [-0.2, -0.15) is 5.10 Å². The molecule has 0 saturated carbocycles. The molecule has 0 spiro atoms. The van der Waals surface area contributed by atoms with Gasteiger partial charge in [0.15, 0.2) is 6.61 Å². The number of hydrogen-bond acceptors (Lipinski definition) is 5. The number of hydrogen-bond donors (Lipinski definition) is 3. The second-order valence-corrected chi connectivity index (χ2v) is 5.55. The Morgan fingerprint density at radius 1 is 1.17 bits per heavy atom. The maximum absolute atomic E-state index is 11.8. The molecule has 2 rings (SSSR count). The number of hydrazone groups is 1. The lowest BCUT2D eigenvalue weighted by molar-refractivity contribution is -0.123. The number of rotatable bonds is 5. The number of nitrogens with one attached hydrogen (secondary N) is 1. The van der Waals surface area contributed by atoms with Gasteiger partial charge in [-0.15, -0.1) is 0 Å². The molecular weight excluding hydrogens is 308 g/mol. The third-order valence-electron chi connectivity index (χ3n) is 3.42. The van der Waals surface area contributed by atoms with Crippen LogP contribution in [0.5, 0.6) is 17.2 Å². The minimum atomic E-state index is -0.415. The van der Waals surface area contributed by atoms with Crippen LogP contribution in [-0.4, -0.2) is 28.9 Å². The molecule has 1 amide bonds. The van der Waals surface area contributed by atoms with Gasteiger partial charge in [0.25, 0.3) is 5.91 Å². The molecule has 0 saturated heterocycles. The summed E-state index contributed by atoms with van der Waals surface area (Å²) < 4.78 is 5.45. The fourth-order valence-electron chi connectivity index (χ4n) is 2.23. The third kappa shape index (κ3) is 4.49. The van der Waals surface area contributed by atoms with E-state index in [0.717, 1.165) is 11.1 Å². The van der Waals surface area contributed by atoms with Gasteiger partial charge in [0.2, 0.25) is 0 Å². The first-order valence-electron chi connectivity index (χ1n) is 7.41. The second-order valence-electron chi connectivity index (χ2n) is 5.55. The van der Waals surface area contributed by atoms with Gasteiger partial charge in [-0.1, -0.05) is 17.7 Å². The highest BCUT2D eigenvalue weighted by atomic mass is 16.5. The van der Waals surface area contributed by atoms with Crippen molar-refractivity contribution >= 4 is 12.1 Å². The minimum absolute atomic E-state index is 0.0342. The van der Waals surface area contributed by atoms with Crippen LogP contribution in [0.4, 0.5) is 0 Å². The number of aryl methyl sites for hydroxylation is 3. The Labute approximate surface area is 140 Å². The van der Waals surface area contributed by atoms with E-state index < -0.39 is 5.91 Å². The summed E-state index contributed by atoms with van der Waals surface area (Å²) in [6.07, 6.45) is 1.32. The molecule has 0 heterocycles. The van der Waals surface area contributed by atoms with Crippen LogP contribution in [0.1, 0.15) is 22.3 Å². The van der Waals surface area contributed by atoms with E-state index in [-0.39, 0.29) is 18.1 Å². The van der Waals surface area contributed by atoms with Crippen LogP contribution >= 0.6 is 0 Å². The summed E-state index contributed by atoms with van der Waals surface area (Å²) in [6.45, 7) is 5.45. The molecular formula is C18H20N2O4. The first-order valence-corrected chi connectivity index (χ1v) is 7.41. The number of nitrogens with zero attached hydrogens (tertiary/aromatic N) is 1. The zero-order valence-electron chi connectivity index (χ0n) is 13.8. The highest BCUT2D eigenvalue weighted by molar-refractivity contribution is 5.87. The number of phenolic OH excluding ortho intramolecular Hbond substituents is 2. The monoisotopic (exact) mass is 328 g/mol. The first-order chi connectivity index (χ1) is 11.4. The van der Waals surface area contributed by atoms with E-state index in [4.69, 9.17) is 4.74 Å². The third-order valence-corrected chi connectivity index (χ3v) is 3.42. The number of ether oxygens (including phenoxy) is 1. The van der Waals surface area contributed by atoms with Crippen LogP contribution < -0.4 is 10.2 Å². The zero-order valence-corrected chi connectivity index (χ0v) is 13.8. The maximum atomic E-state index is 11.8. The molecule has 6 nitrogen and oxygen atoms in total. The van der Waals surface area contributed by atoms with E-state index in [1.54, 1.807) is 6.92 Å². The molecule has 2 aromatic rings. The van der Waals surface area contributed by atoms with Crippen molar-refractivity contribution in [1.82, 2.24) is 5.43 Å². The van der Waals surface area contributed by atoms with Gasteiger partial charge in [-0.05, 0) is 44.0 Å². The van der Waals surface area contributed by atoms with Crippen molar-refractivity contribution in [3.8, 4) is 17.2 Å². The molecule has 0 aromatic heterocycles. The van der Waals surface area contributed by atoms with Crippen LogP contribution in [-0.2, 0) is 4.79 Å². The van der Waals surface area contributed by atoms with Crippen LogP contribution in [0.3, 0.4) is 0 Å². The minimum Gasteiger partial charge on any atom is -0.508 e. The maximum Gasteiger partial charge on any atom is 0.277 e. The Hall–Kier alpha value is -3.02. The molecule has 0 radical (unpaired) electrons. The Balaban J connectivity index is 1.91. The standard InChI is InChI=1S/C18H20N2O4/c1-11-4-5-17(13(3)6-11)24-10-18(23)20-19-9-15-12(2)7-14(21)8-16(15)22/h4-9,21-22H,10H2,1-3H3,(H,20,23)/b19-9-. The molecule has 126 valence electrons. The fraction of sp³-hybridized carbons (Fsp3) is 0.222. The highest BCUT2D eigenvalue weighted by Gasteiger charge is 2.06. The van der Waals surface area contributed by atoms with Crippen molar-refractivity contribution in [2.24, 2.45) is 5.10 Å². The Kier molecular flexibility index (Phi) is 5.42. The summed E-state index contributed by atoms with van der Waals surface area (Å²) in [4.78, 5) is 11.8. The Morgan fingerprint density at radius 3 is 2.58 bits per heavy atom. The molecule has 6 heteroatoms. The fourth-order valence-corrected chi connectivity index (χ4v) is 2.23. The molecule has 0 aliphatic rings. The summed E-state index contributed by atoms with van der Waals surface area (Å²) in [5, 5.41) is 22.9. The predicted octanol–water partition coefficient (Wildman–Crippen LogP) is 2.55. The normalized spacial score (nSPS) is 10.8. The van der Waals surface area contributed by atoms with E-state index in [1.807, 2.05) is 32.0 Å². The topological polar surface area (TPSA) is 91.2 Å². The average Bonchev–Trinajstić information content (AvgIpc) is 2.49. The molecule has 2 aromatic carbocycles. The number of benzene rings is 2. The van der Waals surface area contributed by atoms with Crippen LogP contribution in [0, 0.1) is 20.8 Å². The SMILES string of the molecule is Cc1ccc(OCC(=O)N/N=C\c2c(C)cc(O)cc2O)c(C)c1. The van der Waals surface area contributed by atoms with Crippen molar-refractivity contribution in [1.29, 1.82) is 0 Å². The quantitative estimate of drug-likeness (QED) is 0.581. The van der Waals surface area contributed by atoms with E-state index >= 15 is 0 Å². The number of phenols is 2. The van der Waals surface area contributed by atoms with E-state index in [2.05, 4.69) is 10.5 Å². The van der Waals surface area contributed by atoms with E-state index in [0.29, 0.717) is 16.9 Å². The largest absolute Gasteiger partial charge is 0.508 e. The number of amides is 1. The summed E-state index contributed by atoms with van der Waals surface area (Å²) in [5.41, 5.74) is 5.47. The van der Waals surface area contributed by atoms with Crippen molar-refractivity contribution in [2.75, 3.05) is 6.61 Å². The van der Waals surface area contributed by atoms with Gasteiger partial charge in [-0.25, -0.2) is 5.43 Å². The number of aromatic hydroxyl groups is 2. The van der Waals surface area contributed by atoms with Gasteiger partial charge in [-0.3, -0.25) is 4.79 Å². The Morgan fingerprint density at radius 2 is 1.92 bits per heavy atom. The van der Waals surface area contributed by atoms with Gasteiger partial charge in [0.1, 0.15) is 17.2 Å². The van der Waals surface area contributed by atoms with Gasteiger partial charge >= 0.3 is 0 Å². The molecule has 3 N–H and O–H groups in total. The van der Waals surface area contributed by atoms with E-state index in [1.165, 1.54) is 18.3 Å². The summed E-state index contributed by atoms with van der Waals surface area (Å²) in [5.74, 6) is 0.0824. The summed E-state index contributed by atoms with van der Waals surface area (Å²) in [7, 11) is 0. The summed E-state index contributed by atoms with van der Waals surface area (Å²) in [6, 6.07) is 8.40. The Bertz CT molecular complexity index is 762. The molecule has 0 unspecified atom stereocenters. The molecule has 0 aliphatic carbocycles. The molecule has 0 bridgehead atoms. The smallest absolute Gasteiger partial charge is 0.277 e. The van der Waals surface area contributed by atoms with Crippen LogP contribution in [0.25, 0.3) is 0 Å². The number of carbonyl (C=O) groups excluding carboxylic acids is 1. The van der Waals surface area contributed by atoms with Crippen molar-refractivity contribution < 1.29 is 19.7 Å². The van der Waals surface area contributed by atoms with Gasteiger partial charge < -0.3 is 14.9 Å². The van der Waals surface area contributed by atoms with Crippen LogP contribution in [0.2, 0.25) is 0 Å². The second kappa shape index (κ2) is 7.50. The molecule has 0 fully saturated rings. The van der Waals surface area contributed by atoms with Crippen LogP contribution in [0.15, 0.2) is 35.4 Å². The lowest BCUT2D eigenvalue weighted by Crippen LogP contribution is -2.24.